The molecule has 2 N–H and O–H groups in total. The van der Waals surface area contributed by atoms with Gasteiger partial charge in [0.1, 0.15) is 24.7 Å². The van der Waals surface area contributed by atoms with Crippen LogP contribution in [-0.4, -0.2) is 32.0 Å². The number of nitrogens with zero attached hydrogens (tertiary/aromatic N) is 3. The number of imidazole rings is 1. The van der Waals surface area contributed by atoms with Gasteiger partial charge in [-0.2, -0.15) is 12.6 Å². The van der Waals surface area contributed by atoms with E-state index in [1.807, 2.05) is 21.5 Å². The van der Waals surface area contributed by atoms with Crippen molar-refractivity contribution in [2.24, 2.45) is 0 Å². The van der Waals surface area contributed by atoms with Gasteiger partial charge in [-0.1, -0.05) is 13.8 Å². The van der Waals surface area contributed by atoms with E-state index in [4.69, 9.17) is 0 Å². The van der Waals surface area contributed by atoms with Crippen LogP contribution in [0, 0.1) is 0 Å². The van der Waals surface area contributed by atoms with Crippen molar-refractivity contribution in [1.29, 1.82) is 0 Å². The first kappa shape index (κ1) is 13.9. The summed E-state index contributed by atoms with van der Waals surface area (Å²) in [6.07, 6.45) is 4.01. The number of aliphatic hydroxyl groups excluding tert-OH is 1. The summed E-state index contributed by atoms with van der Waals surface area (Å²) in [5.41, 5.74) is 0.240. The zero-order valence-electron chi connectivity index (χ0n) is 12.2. The van der Waals surface area contributed by atoms with Crippen LogP contribution in [0.2, 0.25) is 12.6 Å². The van der Waals surface area contributed by atoms with E-state index in [9.17, 15) is 14.7 Å². The standard InChI is InChI=1S/C13H19BN4O3/c1-3-14(4-2)12-16(7-8-19)5-6-17(12)11-9-10(20)15-13(21)18(11)14/h5-6,9,19H,3-4,7-8H2,1-2H3,(H,15,20,21). The molecule has 1 aliphatic heterocycles. The molecule has 0 fully saturated rings. The number of nitrogens with one attached hydrogen (secondary N) is 1. The number of aromatic nitrogens is 4. The van der Waals surface area contributed by atoms with Gasteiger partial charge in [0.15, 0.2) is 5.82 Å². The first-order chi connectivity index (χ1) is 10.1. The van der Waals surface area contributed by atoms with Crippen molar-refractivity contribution in [3.05, 3.63) is 39.3 Å². The maximum atomic E-state index is 12.4. The lowest BCUT2D eigenvalue weighted by molar-refractivity contribution is -0.680. The predicted octanol–water partition coefficient (Wildman–Crippen LogP) is -1.34. The van der Waals surface area contributed by atoms with E-state index in [-0.39, 0.29) is 12.3 Å². The highest BCUT2D eigenvalue weighted by Gasteiger charge is 2.45. The molecule has 2 aromatic rings. The van der Waals surface area contributed by atoms with Gasteiger partial charge in [-0.25, -0.2) is 4.57 Å². The number of aromatic amines is 1. The highest BCUT2D eigenvalue weighted by molar-refractivity contribution is 6.89. The molecule has 0 radical (unpaired) electrons. The topological polar surface area (TPSA) is 83.9 Å². The first-order valence-corrected chi connectivity index (χ1v) is 7.36. The van der Waals surface area contributed by atoms with Crippen LogP contribution in [0.3, 0.4) is 0 Å². The molecule has 112 valence electrons. The number of rotatable bonds is 4. The lowest BCUT2D eigenvalue weighted by Gasteiger charge is -2.31. The SMILES string of the molecule is CC[B-]1(CC)c2n(cc[n+]2CCO)-c2cc(=O)[nH]c(=O)n21. The normalized spacial score (nSPS) is 15.0. The predicted molar refractivity (Wildman–Crippen MR) is 79.7 cm³/mol. The lowest BCUT2D eigenvalue weighted by Crippen LogP contribution is -2.67. The zero-order valence-corrected chi connectivity index (χ0v) is 12.2. The van der Waals surface area contributed by atoms with Gasteiger partial charge in [0.25, 0.3) is 11.2 Å². The van der Waals surface area contributed by atoms with Crippen molar-refractivity contribution in [3.8, 4) is 5.82 Å². The van der Waals surface area contributed by atoms with Gasteiger partial charge in [-0.3, -0.25) is 19.1 Å². The Bertz CT molecular complexity index is 800. The molecule has 21 heavy (non-hydrogen) atoms. The Morgan fingerprint density at radius 1 is 1.33 bits per heavy atom. The fourth-order valence-corrected chi connectivity index (χ4v) is 3.79. The van der Waals surface area contributed by atoms with Gasteiger partial charge in [-0.05, 0) is 0 Å². The molecule has 2 aromatic heterocycles. The Hall–Kier alpha value is -2.09. The van der Waals surface area contributed by atoms with Gasteiger partial charge in [-0.15, -0.1) is 0 Å². The molecule has 0 aromatic carbocycles. The van der Waals surface area contributed by atoms with Crippen LogP contribution in [0.1, 0.15) is 13.8 Å². The summed E-state index contributed by atoms with van der Waals surface area (Å²) < 4.78 is 5.60. The van der Waals surface area contributed by atoms with E-state index in [1.54, 1.807) is 4.48 Å². The van der Waals surface area contributed by atoms with E-state index < -0.39 is 11.8 Å². The Morgan fingerprint density at radius 3 is 2.67 bits per heavy atom. The summed E-state index contributed by atoms with van der Waals surface area (Å²) in [6, 6.07) is 1.46. The molecule has 0 aliphatic carbocycles. The fraction of sp³-hybridized carbons (Fsp3) is 0.462. The quantitative estimate of drug-likeness (QED) is 0.540. The molecular weight excluding hydrogens is 271 g/mol. The van der Waals surface area contributed by atoms with Crippen LogP contribution in [0.15, 0.2) is 28.0 Å². The fourth-order valence-electron chi connectivity index (χ4n) is 3.79. The van der Waals surface area contributed by atoms with Crippen molar-refractivity contribution in [2.45, 2.75) is 33.0 Å². The third-order valence-corrected chi connectivity index (χ3v) is 4.81. The molecular formula is C13H19BN4O3. The molecule has 0 bridgehead atoms. The van der Waals surface area contributed by atoms with Crippen LogP contribution in [0.25, 0.3) is 5.82 Å². The van der Waals surface area contributed by atoms with Crippen molar-refractivity contribution in [1.82, 2.24) is 14.0 Å². The Balaban J connectivity index is 2.41. The van der Waals surface area contributed by atoms with Crippen LogP contribution < -0.4 is 21.5 Å². The maximum Gasteiger partial charge on any atom is 0.291 e. The monoisotopic (exact) mass is 290 g/mol. The molecule has 1 aliphatic rings. The van der Waals surface area contributed by atoms with Gasteiger partial charge in [0, 0.05) is 0 Å². The van der Waals surface area contributed by atoms with Gasteiger partial charge >= 0.3 is 0 Å². The Labute approximate surface area is 121 Å². The molecule has 0 spiro atoms. The summed E-state index contributed by atoms with van der Waals surface area (Å²) in [6.45, 7) is 4.61. The second-order valence-electron chi connectivity index (χ2n) is 5.62. The van der Waals surface area contributed by atoms with Gasteiger partial charge in [0.05, 0.1) is 12.7 Å². The van der Waals surface area contributed by atoms with Crippen LogP contribution >= 0.6 is 0 Å². The van der Waals surface area contributed by atoms with Crippen LogP contribution in [0.5, 0.6) is 0 Å². The molecule has 0 saturated heterocycles. The minimum Gasteiger partial charge on any atom is -0.425 e. The molecule has 8 heteroatoms. The van der Waals surface area contributed by atoms with Crippen molar-refractivity contribution in [3.63, 3.8) is 0 Å². The smallest absolute Gasteiger partial charge is 0.291 e. The second-order valence-corrected chi connectivity index (χ2v) is 5.62. The lowest BCUT2D eigenvalue weighted by atomic mass is 9.31. The van der Waals surface area contributed by atoms with E-state index in [1.165, 1.54) is 6.07 Å². The molecule has 3 heterocycles. The molecule has 3 rings (SSSR count). The maximum absolute atomic E-state index is 12.4. The van der Waals surface area contributed by atoms with Gasteiger partial charge in [0.2, 0.25) is 6.28 Å². The third kappa shape index (κ3) is 1.68. The minimum atomic E-state index is -1.30. The van der Waals surface area contributed by atoms with Crippen LogP contribution in [0.4, 0.5) is 0 Å². The molecule has 0 atom stereocenters. The number of hydrogen-bond donors (Lipinski definition) is 2. The Kier molecular flexibility index (Phi) is 3.13. The molecule has 0 saturated carbocycles. The second kappa shape index (κ2) is 4.73. The molecule has 0 unspecified atom stereocenters. The summed E-state index contributed by atoms with van der Waals surface area (Å²) in [5, 5.41) is 9.25. The first-order valence-electron chi connectivity index (χ1n) is 7.36. The summed E-state index contributed by atoms with van der Waals surface area (Å²) >= 11 is 0. The van der Waals surface area contributed by atoms with Gasteiger partial charge < -0.3 is 9.58 Å². The number of aliphatic hydroxyl groups is 1. The molecule has 0 amide bonds. The highest BCUT2D eigenvalue weighted by Crippen LogP contribution is 2.24. The largest absolute Gasteiger partial charge is 0.425 e. The Morgan fingerprint density at radius 2 is 2.05 bits per heavy atom. The van der Waals surface area contributed by atoms with E-state index >= 15 is 0 Å². The average Bonchev–Trinajstić information content (AvgIpc) is 2.98. The van der Waals surface area contributed by atoms with E-state index in [2.05, 4.69) is 18.8 Å². The highest BCUT2D eigenvalue weighted by atomic mass is 16.3. The summed E-state index contributed by atoms with van der Waals surface area (Å²) in [4.78, 5) is 26.4. The van der Waals surface area contributed by atoms with E-state index in [0.717, 1.165) is 18.4 Å². The van der Waals surface area contributed by atoms with Crippen molar-refractivity contribution < 1.29 is 9.67 Å². The number of H-pyrrole nitrogens is 1. The minimum absolute atomic E-state index is 0.0332. The van der Waals surface area contributed by atoms with Crippen molar-refractivity contribution in [2.75, 3.05) is 6.61 Å². The third-order valence-electron chi connectivity index (χ3n) is 4.81. The number of fused-ring (bicyclic) bond motifs is 3. The number of hydrogen-bond acceptors (Lipinski definition) is 3. The summed E-state index contributed by atoms with van der Waals surface area (Å²) in [7, 11) is 0. The van der Waals surface area contributed by atoms with Crippen LogP contribution in [-0.2, 0) is 6.54 Å². The average molecular weight is 290 g/mol. The zero-order chi connectivity index (χ0) is 15.2. The van der Waals surface area contributed by atoms with E-state index in [0.29, 0.717) is 12.4 Å². The van der Waals surface area contributed by atoms with Crippen molar-refractivity contribution >= 4 is 12.0 Å². The summed E-state index contributed by atoms with van der Waals surface area (Å²) in [5.74, 6) is 0.610. The molecule has 7 nitrogen and oxygen atoms in total.